The Kier molecular flexibility index (Phi) is 4.81. The first kappa shape index (κ1) is 15.5. The van der Waals surface area contributed by atoms with Crippen LogP contribution in [0.1, 0.15) is 17.1 Å². The van der Waals surface area contributed by atoms with E-state index in [1.165, 1.54) is 0 Å². The third kappa shape index (κ3) is 3.51. The molecule has 0 aliphatic carbocycles. The molecule has 0 bridgehead atoms. The fraction of sp³-hybridized carbons (Fsp3) is 0.400. The summed E-state index contributed by atoms with van der Waals surface area (Å²) in [4.78, 5) is 4.38. The maximum atomic E-state index is 11.4. The van der Waals surface area contributed by atoms with Crippen molar-refractivity contribution < 1.29 is 8.95 Å². The van der Waals surface area contributed by atoms with Crippen LogP contribution in [-0.4, -0.2) is 26.6 Å². The fourth-order valence-corrected chi connectivity index (χ4v) is 3.45. The first-order valence-corrected chi connectivity index (χ1v) is 9.17. The van der Waals surface area contributed by atoms with E-state index in [-0.39, 0.29) is 0 Å². The van der Waals surface area contributed by atoms with Crippen molar-refractivity contribution in [2.24, 2.45) is 0 Å². The zero-order chi connectivity index (χ0) is 15.5. The van der Waals surface area contributed by atoms with E-state index in [1.807, 2.05) is 24.4 Å². The van der Waals surface area contributed by atoms with Crippen molar-refractivity contribution in [2.45, 2.75) is 25.4 Å². The van der Waals surface area contributed by atoms with Gasteiger partial charge in [-0.25, -0.2) is 4.98 Å². The molecule has 7 heteroatoms. The lowest BCUT2D eigenvalue weighted by Gasteiger charge is -2.17. The molecule has 1 aromatic heterocycles. The summed E-state index contributed by atoms with van der Waals surface area (Å²) in [6, 6.07) is 5.73. The highest BCUT2D eigenvalue weighted by atomic mass is 35.5. The predicted octanol–water partition coefficient (Wildman–Crippen LogP) is 2.56. The SMILES string of the molecule is CS(=O)Cc1cc(NCc2cnc3n2CCOC3)ccc1Cl. The van der Waals surface area contributed by atoms with E-state index in [2.05, 4.69) is 14.9 Å². The second-order valence-electron chi connectivity index (χ2n) is 5.25. The minimum atomic E-state index is -0.911. The van der Waals surface area contributed by atoms with Crippen molar-refractivity contribution in [1.82, 2.24) is 9.55 Å². The molecule has 1 N–H and O–H groups in total. The molecule has 118 valence electrons. The van der Waals surface area contributed by atoms with Crippen molar-refractivity contribution in [3.63, 3.8) is 0 Å². The minimum absolute atomic E-state index is 0.466. The summed E-state index contributed by atoms with van der Waals surface area (Å²) in [5.74, 6) is 1.44. The largest absolute Gasteiger partial charge is 0.379 e. The standard InChI is InChI=1S/C15H18ClN3O2S/c1-22(20)10-11-6-12(2-3-14(11)16)17-7-13-8-18-15-9-21-5-4-19(13)15/h2-3,6,8,17H,4-5,7,9-10H2,1H3. The number of rotatable bonds is 5. The van der Waals surface area contributed by atoms with Gasteiger partial charge in [0.2, 0.25) is 0 Å². The Labute approximate surface area is 137 Å². The summed E-state index contributed by atoms with van der Waals surface area (Å²) < 4.78 is 19.0. The number of hydrogen-bond donors (Lipinski definition) is 1. The molecule has 0 spiro atoms. The molecule has 22 heavy (non-hydrogen) atoms. The molecule has 5 nitrogen and oxygen atoms in total. The van der Waals surface area contributed by atoms with Crippen LogP contribution in [0.4, 0.5) is 5.69 Å². The van der Waals surface area contributed by atoms with Crippen LogP contribution >= 0.6 is 11.6 Å². The number of anilines is 1. The molecular formula is C15H18ClN3O2S. The second kappa shape index (κ2) is 6.81. The Morgan fingerprint density at radius 2 is 2.36 bits per heavy atom. The summed E-state index contributed by atoms with van der Waals surface area (Å²) in [6.45, 7) is 2.83. The molecule has 2 heterocycles. The lowest BCUT2D eigenvalue weighted by Crippen LogP contribution is -2.19. The molecule has 1 aliphatic rings. The number of aromatic nitrogens is 2. The number of imidazole rings is 1. The summed E-state index contributed by atoms with van der Waals surface area (Å²) in [5.41, 5.74) is 3.00. The first-order chi connectivity index (χ1) is 10.6. The Morgan fingerprint density at radius 3 is 3.18 bits per heavy atom. The maximum Gasteiger partial charge on any atom is 0.135 e. The molecule has 1 aromatic carbocycles. The summed E-state index contributed by atoms with van der Waals surface area (Å²) >= 11 is 6.14. The molecule has 1 aliphatic heterocycles. The Morgan fingerprint density at radius 1 is 1.50 bits per heavy atom. The van der Waals surface area contributed by atoms with Crippen LogP contribution in [0.25, 0.3) is 0 Å². The van der Waals surface area contributed by atoms with E-state index >= 15 is 0 Å². The average molecular weight is 340 g/mol. The summed E-state index contributed by atoms with van der Waals surface area (Å²) in [5, 5.41) is 4.03. The van der Waals surface area contributed by atoms with Gasteiger partial charge >= 0.3 is 0 Å². The predicted molar refractivity (Wildman–Crippen MR) is 88.4 cm³/mol. The Hall–Kier alpha value is -1.37. The molecule has 0 saturated heterocycles. The van der Waals surface area contributed by atoms with Gasteiger partial charge in [0.25, 0.3) is 0 Å². The van der Waals surface area contributed by atoms with Gasteiger partial charge in [-0.2, -0.15) is 0 Å². The highest BCUT2D eigenvalue weighted by Crippen LogP contribution is 2.22. The zero-order valence-corrected chi connectivity index (χ0v) is 13.9. The van der Waals surface area contributed by atoms with E-state index in [0.717, 1.165) is 35.9 Å². The van der Waals surface area contributed by atoms with Gasteiger partial charge in [-0.05, 0) is 23.8 Å². The number of benzene rings is 1. The van der Waals surface area contributed by atoms with Crippen molar-refractivity contribution >= 4 is 28.1 Å². The van der Waals surface area contributed by atoms with E-state index in [4.69, 9.17) is 16.3 Å². The molecule has 1 atom stereocenters. The summed E-state index contributed by atoms with van der Waals surface area (Å²) in [6.07, 6.45) is 3.56. The van der Waals surface area contributed by atoms with Gasteiger partial charge < -0.3 is 14.6 Å². The lowest BCUT2D eigenvalue weighted by atomic mass is 10.2. The van der Waals surface area contributed by atoms with Crippen LogP contribution < -0.4 is 5.32 Å². The highest BCUT2D eigenvalue weighted by molar-refractivity contribution is 7.83. The zero-order valence-electron chi connectivity index (χ0n) is 12.3. The quantitative estimate of drug-likeness (QED) is 0.909. The minimum Gasteiger partial charge on any atom is -0.379 e. The van der Waals surface area contributed by atoms with Crippen LogP contribution in [0, 0.1) is 0 Å². The number of nitrogens with one attached hydrogen (secondary N) is 1. The van der Waals surface area contributed by atoms with Crippen LogP contribution in [-0.2, 0) is 41.0 Å². The van der Waals surface area contributed by atoms with E-state index in [0.29, 0.717) is 23.9 Å². The highest BCUT2D eigenvalue weighted by Gasteiger charge is 2.14. The first-order valence-electron chi connectivity index (χ1n) is 7.07. The third-order valence-corrected chi connectivity index (χ3v) is 4.68. The molecule has 1 unspecified atom stereocenters. The molecule has 2 aromatic rings. The van der Waals surface area contributed by atoms with E-state index in [1.54, 1.807) is 6.26 Å². The van der Waals surface area contributed by atoms with Crippen molar-refractivity contribution in [3.8, 4) is 0 Å². The number of nitrogens with zero attached hydrogens (tertiary/aromatic N) is 2. The van der Waals surface area contributed by atoms with Gasteiger partial charge in [-0.15, -0.1) is 0 Å². The molecular weight excluding hydrogens is 322 g/mol. The number of halogens is 1. The maximum absolute atomic E-state index is 11.4. The normalized spacial score (nSPS) is 15.4. The van der Waals surface area contributed by atoms with Gasteiger partial charge in [0.1, 0.15) is 12.4 Å². The molecule has 0 saturated carbocycles. The van der Waals surface area contributed by atoms with Crippen molar-refractivity contribution in [1.29, 1.82) is 0 Å². The van der Waals surface area contributed by atoms with Crippen LogP contribution in [0.2, 0.25) is 5.02 Å². The van der Waals surface area contributed by atoms with Crippen molar-refractivity contribution in [2.75, 3.05) is 18.2 Å². The second-order valence-corrected chi connectivity index (χ2v) is 7.09. The number of hydrogen-bond acceptors (Lipinski definition) is 4. The molecule has 0 fully saturated rings. The Bertz CT molecular complexity index is 702. The van der Waals surface area contributed by atoms with Gasteiger partial charge in [0, 0.05) is 40.1 Å². The Balaban J connectivity index is 1.71. The fourth-order valence-electron chi connectivity index (χ4n) is 2.51. The number of fused-ring (bicyclic) bond motifs is 1. The van der Waals surface area contributed by atoms with Gasteiger partial charge in [-0.3, -0.25) is 4.21 Å². The van der Waals surface area contributed by atoms with Crippen molar-refractivity contribution in [3.05, 3.63) is 46.5 Å². The molecule has 3 rings (SSSR count). The molecule has 0 radical (unpaired) electrons. The van der Waals surface area contributed by atoms with E-state index < -0.39 is 10.8 Å². The van der Waals surface area contributed by atoms with Crippen LogP contribution in [0.5, 0.6) is 0 Å². The van der Waals surface area contributed by atoms with Gasteiger partial charge in [0.15, 0.2) is 0 Å². The third-order valence-electron chi connectivity index (χ3n) is 3.59. The number of ether oxygens (including phenoxy) is 1. The van der Waals surface area contributed by atoms with Crippen LogP contribution in [0.15, 0.2) is 24.4 Å². The van der Waals surface area contributed by atoms with E-state index in [9.17, 15) is 4.21 Å². The topological polar surface area (TPSA) is 56.2 Å². The van der Waals surface area contributed by atoms with Gasteiger partial charge in [-0.1, -0.05) is 11.6 Å². The monoisotopic (exact) mass is 339 g/mol. The lowest BCUT2D eigenvalue weighted by molar-refractivity contribution is 0.0807. The summed E-state index contributed by atoms with van der Waals surface area (Å²) in [7, 11) is -0.911. The average Bonchev–Trinajstić information content (AvgIpc) is 2.91. The van der Waals surface area contributed by atoms with Crippen LogP contribution in [0.3, 0.4) is 0 Å². The van der Waals surface area contributed by atoms with Gasteiger partial charge in [0.05, 0.1) is 25.0 Å². The smallest absolute Gasteiger partial charge is 0.135 e. The molecule has 0 amide bonds.